The van der Waals surface area contributed by atoms with Gasteiger partial charge in [-0.05, 0) is 23.5 Å². The lowest BCUT2D eigenvalue weighted by Gasteiger charge is -2.36. The van der Waals surface area contributed by atoms with E-state index in [1.807, 2.05) is 24.3 Å². The van der Waals surface area contributed by atoms with Crippen molar-refractivity contribution >= 4 is 12.0 Å². The fraction of sp³-hybridized carbons (Fsp3) is 0.500. The summed E-state index contributed by atoms with van der Waals surface area (Å²) in [7, 11) is 0. The molecule has 0 spiro atoms. The van der Waals surface area contributed by atoms with Crippen LogP contribution in [0.4, 0.5) is 4.79 Å². The van der Waals surface area contributed by atoms with E-state index < -0.39 is 12.0 Å². The number of carbonyl (C=O) groups excluding carboxylic acids is 1. The zero-order valence-electron chi connectivity index (χ0n) is 12.2. The molecule has 1 aromatic rings. The standard InChI is InChI=1S/C16H20N2O3/c1-11-6-7-17(9-11)16(21)18-10-13-5-3-2-4-12(13)8-14(18)15(19)20/h2-5,11,14H,6-10H2,1H3,(H,19,20)/t11?,14-/m1/s1. The van der Waals surface area contributed by atoms with Crippen molar-refractivity contribution in [1.82, 2.24) is 9.80 Å². The Morgan fingerprint density at radius 3 is 2.57 bits per heavy atom. The van der Waals surface area contributed by atoms with E-state index in [1.54, 1.807) is 4.90 Å². The molecule has 0 aromatic heterocycles. The third-order valence-corrected chi connectivity index (χ3v) is 4.47. The van der Waals surface area contributed by atoms with Gasteiger partial charge in [0.2, 0.25) is 0 Å². The second-order valence-corrected chi connectivity index (χ2v) is 6.08. The Balaban J connectivity index is 1.85. The highest BCUT2D eigenvalue weighted by Crippen LogP contribution is 2.26. The molecule has 0 saturated carbocycles. The Kier molecular flexibility index (Phi) is 3.57. The Labute approximate surface area is 124 Å². The van der Waals surface area contributed by atoms with Crippen molar-refractivity contribution in [2.24, 2.45) is 5.92 Å². The molecule has 1 fully saturated rings. The van der Waals surface area contributed by atoms with E-state index in [0.29, 0.717) is 18.9 Å². The van der Waals surface area contributed by atoms with E-state index in [1.165, 1.54) is 4.90 Å². The van der Waals surface area contributed by atoms with Crippen molar-refractivity contribution in [3.63, 3.8) is 0 Å². The number of carbonyl (C=O) groups is 2. The smallest absolute Gasteiger partial charge is 0.326 e. The molecular weight excluding hydrogens is 268 g/mol. The normalized spacial score (nSPS) is 24.8. The second kappa shape index (κ2) is 5.39. The SMILES string of the molecule is CC1CCN(C(=O)N2Cc3ccccc3C[C@@H]2C(=O)O)C1. The van der Waals surface area contributed by atoms with E-state index in [2.05, 4.69) is 6.92 Å². The third kappa shape index (κ3) is 2.60. The molecule has 5 heteroatoms. The summed E-state index contributed by atoms with van der Waals surface area (Å²) in [6.07, 6.45) is 1.38. The van der Waals surface area contributed by atoms with Crippen LogP contribution in [0.25, 0.3) is 0 Å². The highest BCUT2D eigenvalue weighted by Gasteiger charge is 2.37. The predicted molar refractivity (Wildman–Crippen MR) is 77.9 cm³/mol. The Bertz CT molecular complexity index is 572. The van der Waals surface area contributed by atoms with Crippen molar-refractivity contribution in [3.8, 4) is 0 Å². The molecule has 1 N–H and O–H groups in total. The summed E-state index contributed by atoms with van der Waals surface area (Å²) in [6.45, 7) is 3.96. The molecule has 21 heavy (non-hydrogen) atoms. The zero-order valence-corrected chi connectivity index (χ0v) is 12.2. The molecule has 5 nitrogen and oxygen atoms in total. The summed E-state index contributed by atoms with van der Waals surface area (Å²) in [5.74, 6) is -0.431. The van der Waals surface area contributed by atoms with Crippen molar-refractivity contribution < 1.29 is 14.7 Å². The fourth-order valence-corrected chi connectivity index (χ4v) is 3.24. The van der Waals surface area contributed by atoms with E-state index in [9.17, 15) is 14.7 Å². The third-order valence-electron chi connectivity index (χ3n) is 4.47. The first-order valence-electron chi connectivity index (χ1n) is 7.41. The van der Waals surface area contributed by atoms with Crippen LogP contribution in [0.5, 0.6) is 0 Å². The first kappa shape index (κ1) is 13.9. The fourth-order valence-electron chi connectivity index (χ4n) is 3.24. The average Bonchev–Trinajstić information content (AvgIpc) is 2.91. The first-order chi connectivity index (χ1) is 10.1. The maximum absolute atomic E-state index is 12.7. The topological polar surface area (TPSA) is 60.9 Å². The van der Waals surface area contributed by atoms with Gasteiger partial charge in [-0.15, -0.1) is 0 Å². The van der Waals surface area contributed by atoms with Crippen LogP contribution >= 0.6 is 0 Å². The number of benzene rings is 1. The molecular formula is C16H20N2O3. The van der Waals surface area contributed by atoms with Crippen molar-refractivity contribution in [3.05, 3.63) is 35.4 Å². The molecule has 1 unspecified atom stereocenters. The van der Waals surface area contributed by atoms with Crippen LogP contribution in [0.1, 0.15) is 24.5 Å². The van der Waals surface area contributed by atoms with Crippen molar-refractivity contribution in [1.29, 1.82) is 0 Å². The number of rotatable bonds is 1. The summed E-state index contributed by atoms with van der Waals surface area (Å²) in [5.41, 5.74) is 2.08. The molecule has 2 aliphatic rings. The number of hydrogen-bond donors (Lipinski definition) is 1. The van der Waals surface area contributed by atoms with Gasteiger partial charge < -0.3 is 14.9 Å². The van der Waals surface area contributed by atoms with Gasteiger partial charge in [0.1, 0.15) is 6.04 Å². The molecule has 1 aromatic carbocycles. The van der Waals surface area contributed by atoms with Gasteiger partial charge in [-0.25, -0.2) is 9.59 Å². The lowest BCUT2D eigenvalue weighted by atomic mass is 9.94. The molecule has 2 heterocycles. The summed E-state index contributed by atoms with van der Waals surface area (Å²) in [6, 6.07) is 6.87. The minimum absolute atomic E-state index is 0.138. The Morgan fingerprint density at radius 1 is 1.24 bits per heavy atom. The van der Waals surface area contributed by atoms with Gasteiger partial charge >= 0.3 is 12.0 Å². The molecule has 3 rings (SSSR count). The molecule has 2 aliphatic heterocycles. The van der Waals surface area contributed by atoms with Gasteiger partial charge in [0.05, 0.1) is 0 Å². The molecule has 2 amide bonds. The predicted octanol–water partition coefficient (Wildman–Crippen LogP) is 1.96. The van der Waals surface area contributed by atoms with Crippen LogP contribution in [0.3, 0.4) is 0 Å². The van der Waals surface area contributed by atoms with E-state index in [-0.39, 0.29) is 6.03 Å². The lowest BCUT2D eigenvalue weighted by molar-refractivity contribution is -0.142. The highest BCUT2D eigenvalue weighted by atomic mass is 16.4. The van der Waals surface area contributed by atoms with Gasteiger partial charge in [-0.1, -0.05) is 31.2 Å². The molecule has 0 radical (unpaired) electrons. The number of carboxylic acids is 1. The summed E-state index contributed by atoms with van der Waals surface area (Å²) >= 11 is 0. The number of hydrogen-bond acceptors (Lipinski definition) is 2. The molecule has 1 saturated heterocycles. The molecule has 2 atom stereocenters. The van der Waals surface area contributed by atoms with Gasteiger partial charge in [0, 0.05) is 26.1 Å². The van der Waals surface area contributed by atoms with Gasteiger partial charge in [0.25, 0.3) is 0 Å². The summed E-state index contributed by atoms with van der Waals surface area (Å²) in [4.78, 5) is 27.5. The van der Waals surface area contributed by atoms with E-state index in [4.69, 9.17) is 0 Å². The van der Waals surface area contributed by atoms with Gasteiger partial charge in [-0.3, -0.25) is 0 Å². The minimum atomic E-state index is -0.926. The van der Waals surface area contributed by atoms with Crippen LogP contribution in [0.2, 0.25) is 0 Å². The van der Waals surface area contributed by atoms with Gasteiger partial charge in [-0.2, -0.15) is 0 Å². The van der Waals surface area contributed by atoms with Gasteiger partial charge in [0.15, 0.2) is 0 Å². The summed E-state index contributed by atoms with van der Waals surface area (Å²) in [5, 5.41) is 9.47. The number of carboxylic acid groups (broad SMARTS) is 1. The first-order valence-corrected chi connectivity index (χ1v) is 7.41. The number of nitrogens with zero attached hydrogens (tertiary/aromatic N) is 2. The Hall–Kier alpha value is -2.04. The van der Waals surface area contributed by atoms with E-state index in [0.717, 1.165) is 30.6 Å². The second-order valence-electron chi connectivity index (χ2n) is 6.08. The maximum Gasteiger partial charge on any atom is 0.326 e. The summed E-state index contributed by atoms with van der Waals surface area (Å²) < 4.78 is 0. The van der Waals surface area contributed by atoms with Crippen LogP contribution in [0, 0.1) is 5.92 Å². The molecule has 112 valence electrons. The zero-order chi connectivity index (χ0) is 15.0. The number of aliphatic carboxylic acids is 1. The van der Waals surface area contributed by atoms with E-state index >= 15 is 0 Å². The minimum Gasteiger partial charge on any atom is -0.480 e. The molecule has 0 aliphatic carbocycles. The highest BCUT2D eigenvalue weighted by molar-refractivity contribution is 5.83. The quantitative estimate of drug-likeness (QED) is 0.859. The average molecular weight is 288 g/mol. The van der Waals surface area contributed by atoms with Crippen LogP contribution < -0.4 is 0 Å². The maximum atomic E-state index is 12.7. The molecule has 0 bridgehead atoms. The number of urea groups is 1. The number of likely N-dealkylation sites (tertiary alicyclic amines) is 1. The number of fused-ring (bicyclic) bond motifs is 1. The van der Waals surface area contributed by atoms with Crippen molar-refractivity contribution in [2.45, 2.75) is 32.4 Å². The van der Waals surface area contributed by atoms with Crippen LogP contribution in [0.15, 0.2) is 24.3 Å². The van der Waals surface area contributed by atoms with Crippen LogP contribution in [-0.2, 0) is 17.8 Å². The lowest BCUT2D eigenvalue weighted by Crippen LogP contribution is -2.53. The largest absolute Gasteiger partial charge is 0.480 e. The van der Waals surface area contributed by atoms with Crippen LogP contribution in [-0.4, -0.2) is 46.0 Å². The van der Waals surface area contributed by atoms with Crippen molar-refractivity contribution in [2.75, 3.05) is 13.1 Å². The Morgan fingerprint density at radius 2 is 1.95 bits per heavy atom. The number of amides is 2. The monoisotopic (exact) mass is 288 g/mol.